The number of aliphatic hydroxyl groups is 1. The number of phenolic OH excluding ortho intramolecular Hbond substituents is 1. The van der Waals surface area contributed by atoms with Crippen molar-refractivity contribution in [2.24, 2.45) is 11.8 Å². The van der Waals surface area contributed by atoms with Crippen LogP contribution in [0.25, 0.3) is 0 Å². The predicted molar refractivity (Wildman–Crippen MR) is 155 cm³/mol. The van der Waals surface area contributed by atoms with E-state index < -0.39 is 29.7 Å². The lowest BCUT2D eigenvalue weighted by Gasteiger charge is -2.48. The molecular formula is C33H36F2IN3O4. The Hall–Kier alpha value is -3.09. The van der Waals surface area contributed by atoms with E-state index in [1.807, 2.05) is 0 Å². The largest absolute Gasteiger partial charge is 1.00 e. The first kappa shape index (κ1) is 31.3. The number of aromatic hydroxyl groups is 1. The van der Waals surface area contributed by atoms with Crippen LogP contribution in [0, 0.1) is 23.5 Å². The van der Waals surface area contributed by atoms with Crippen molar-refractivity contribution in [3.8, 4) is 5.75 Å². The van der Waals surface area contributed by atoms with Gasteiger partial charge in [0.2, 0.25) is 5.91 Å². The maximum Gasteiger partial charge on any atom is 0.279 e. The van der Waals surface area contributed by atoms with Crippen LogP contribution in [0.1, 0.15) is 55.4 Å². The number of rotatable bonds is 9. The minimum absolute atomic E-state index is 0. The van der Waals surface area contributed by atoms with Gasteiger partial charge in [-0.15, -0.1) is 0 Å². The number of quaternary nitrogens is 1. The Kier molecular flexibility index (Phi) is 9.38. The zero-order valence-electron chi connectivity index (χ0n) is 23.8. The smallest absolute Gasteiger partial charge is 0.279 e. The summed E-state index contributed by atoms with van der Waals surface area (Å²) in [6.07, 6.45) is 3.21. The number of amides is 2. The van der Waals surface area contributed by atoms with Crippen molar-refractivity contribution in [1.29, 1.82) is 0 Å². The maximum absolute atomic E-state index is 13.6. The molecule has 3 aromatic carbocycles. The van der Waals surface area contributed by atoms with E-state index >= 15 is 0 Å². The molecule has 2 bridgehead atoms. The zero-order chi connectivity index (χ0) is 29.4. The normalized spacial score (nSPS) is 25.0. The Morgan fingerprint density at radius 3 is 2.16 bits per heavy atom. The number of nitrogens with one attached hydrogen (secondary N) is 1. The molecule has 0 aliphatic carbocycles. The summed E-state index contributed by atoms with van der Waals surface area (Å²) in [6.45, 7) is 3.53. The molecule has 4 saturated heterocycles. The van der Waals surface area contributed by atoms with Crippen LogP contribution in [0.3, 0.4) is 0 Å². The monoisotopic (exact) mass is 703 g/mol. The fraction of sp³-hybridized carbons (Fsp3) is 0.394. The summed E-state index contributed by atoms with van der Waals surface area (Å²) in [7, 11) is 0. The highest BCUT2D eigenvalue weighted by molar-refractivity contribution is 6.03. The zero-order valence-corrected chi connectivity index (χ0v) is 25.9. The van der Waals surface area contributed by atoms with Gasteiger partial charge in [-0.3, -0.25) is 9.59 Å². The number of nitrogens with zero attached hydrogens (tertiary/aromatic N) is 2. The number of carbonyl (C=O) groups excluding carboxylic acids is 2. The van der Waals surface area contributed by atoms with E-state index in [1.54, 1.807) is 12.1 Å². The molecule has 43 heavy (non-hydrogen) atoms. The second-order valence-electron chi connectivity index (χ2n) is 12.1. The molecular weight excluding hydrogens is 667 g/mol. The fourth-order valence-electron chi connectivity index (χ4n) is 7.02. The Morgan fingerprint density at radius 2 is 1.56 bits per heavy atom. The molecule has 3 aromatic rings. The molecule has 2 amide bonds. The average molecular weight is 704 g/mol. The van der Waals surface area contributed by atoms with Gasteiger partial charge in [0.25, 0.3) is 5.91 Å². The van der Waals surface area contributed by atoms with Gasteiger partial charge in [0.15, 0.2) is 6.54 Å². The fourth-order valence-corrected chi connectivity index (χ4v) is 7.02. The van der Waals surface area contributed by atoms with Gasteiger partial charge >= 0.3 is 0 Å². The molecule has 4 aliphatic rings. The van der Waals surface area contributed by atoms with Crippen LogP contribution in [0.4, 0.5) is 20.2 Å². The molecule has 10 heteroatoms. The van der Waals surface area contributed by atoms with E-state index in [9.17, 15) is 28.6 Å². The van der Waals surface area contributed by atoms with E-state index in [-0.39, 0.29) is 48.0 Å². The molecule has 228 valence electrons. The van der Waals surface area contributed by atoms with Crippen molar-refractivity contribution in [1.82, 2.24) is 0 Å². The lowest BCUT2D eigenvalue weighted by molar-refractivity contribution is -0.935. The van der Waals surface area contributed by atoms with Crippen LogP contribution in [-0.2, 0) is 9.59 Å². The first-order valence-electron chi connectivity index (χ1n) is 14.7. The maximum atomic E-state index is 13.6. The summed E-state index contributed by atoms with van der Waals surface area (Å²) in [4.78, 5) is 27.9. The minimum atomic E-state index is -0.887. The van der Waals surface area contributed by atoms with Crippen LogP contribution in [0.5, 0.6) is 5.75 Å². The van der Waals surface area contributed by atoms with Crippen LogP contribution in [0.15, 0.2) is 66.7 Å². The van der Waals surface area contributed by atoms with Crippen molar-refractivity contribution in [3.63, 3.8) is 0 Å². The number of phenols is 1. The molecule has 0 unspecified atom stereocenters. The molecule has 0 spiro atoms. The third kappa shape index (κ3) is 6.56. The highest BCUT2D eigenvalue weighted by Gasteiger charge is 2.49. The number of fused-ring (bicyclic) bond motifs is 3. The van der Waals surface area contributed by atoms with Crippen molar-refractivity contribution in [3.05, 3.63) is 89.5 Å². The van der Waals surface area contributed by atoms with Gasteiger partial charge in [-0.25, -0.2) is 8.78 Å². The Balaban J connectivity index is 0.00000368. The highest BCUT2D eigenvalue weighted by atomic mass is 127. The summed E-state index contributed by atoms with van der Waals surface area (Å²) in [5.74, 6) is -0.910. The Bertz CT molecular complexity index is 1450. The molecule has 4 aliphatic heterocycles. The number of piperidine rings is 3. The molecule has 0 saturated carbocycles. The third-order valence-electron chi connectivity index (χ3n) is 9.47. The molecule has 7 nitrogen and oxygen atoms in total. The van der Waals surface area contributed by atoms with Crippen molar-refractivity contribution >= 4 is 23.2 Å². The van der Waals surface area contributed by atoms with Gasteiger partial charge in [0, 0.05) is 23.0 Å². The standard InChI is InChI=1S/C33H35F2N3O4.HI/c34-23-3-1-22(2-4-23)29(39)12-11-28-32(37(33(28)42)26-8-5-24(35)6-9-26)27-10-7-25(19-30(27)40)36-31(41)20-38-16-13-21(14-17-38)15-18-38;/h1-10,19,21,28-29,32,39H,11-18,20H2,(H-,36,40,41);1H/t21?,28-,29+,32-,38?;/m1./s1. The average Bonchev–Trinajstić information content (AvgIpc) is 2.98. The second kappa shape index (κ2) is 12.9. The third-order valence-corrected chi connectivity index (χ3v) is 9.47. The SMILES string of the molecule is O=C(C[N+]12CCC(CC1)CC2)Nc1ccc([C@@H]2[C@@H](CC[C@H](O)c3ccc(F)cc3)C(=O)N2c2ccc(F)cc2)c(O)c1.[I-]. The van der Waals surface area contributed by atoms with Gasteiger partial charge in [-0.2, -0.15) is 0 Å². The molecule has 4 fully saturated rings. The number of halogens is 3. The number of anilines is 2. The quantitative estimate of drug-likeness (QED) is 0.182. The van der Waals surface area contributed by atoms with Crippen LogP contribution in [-0.4, -0.2) is 52.7 Å². The summed E-state index contributed by atoms with van der Waals surface area (Å²) < 4.78 is 27.8. The number of hydrogen-bond acceptors (Lipinski definition) is 4. The van der Waals surface area contributed by atoms with Crippen LogP contribution in [0.2, 0.25) is 0 Å². The van der Waals surface area contributed by atoms with Gasteiger partial charge in [0.1, 0.15) is 17.4 Å². The molecule has 0 radical (unpaired) electrons. The number of aliphatic hydroxyl groups excluding tert-OH is 1. The first-order chi connectivity index (χ1) is 20.2. The van der Waals surface area contributed by atoms with Gasteiger partial charge in [-0.05, 0) is 86.1 Å². The summed E-state index contributed by atoms with van der Waals surface area (Å²) >= 11 is 0. The van der Waals surface area contributed by atoms with E-state index in [4.69, 9.17) is 0 Å². The van der Waals surface area contributed by atoms with E-state index in [2.05, 4.69) is 5.32 Å². The first-order valence-corrected chi connectivity index (χ1v) is 14.7. The van der Waals surface area contributed by atoms with Gasteiger partial charge in [0.05, 0.1) is 37.7 Å². The van der Waals surface area contributed by atoms with Crippen molar-refractivity contribution in [2.45, 2.75) is 44.2 Å². The van der Waals surface area contributed by atoms with Crippen molar-refractivity contribution < 1.29 is 57.0 Å². The molecule has 3 atom stereocenters. The molecule has 0 aromatic heterocycles. The highest BCUT2D eigenvalue weighted by Crippen LogP contribution is 2.49. The Morgan fingerprint density at radius 1 is 0.953 bits per heavy atom. The number of hydrogen-bond donors (Lipinski definition) is 3. The second-order valence-corrected chi connectivity index (χ2v) is 12.1. The summed E-state index contributed by atoms with van der Waals surface area (Å²) in [5.41, 5.74) is 2.03. The lowest BCUT2D eigenvalue weighted by Crippen LogP contribution is -3.00. The molecule has 7 rings (SSSR count). The number of benzene rings is 3. The number of carbonyl (C=O) groups is 2. The van der Waals surface area contributed by atoms with E-state index in [0.29, 0.717) is 35.5 Å². The van der Waals surface area contributed by atoms with Crippen molar-refractivity contribution in [2.75, 3.05) is 36.4 Å². The molecule has 4 heterocycles. The van der Waals surface area contributed by atoms with Crippen LogP contribution < -0.4 is 34.2 Å². The topological polar surface area (TPSA) is 89.9 Å². The van der Waals surface area contributed by atoms with E-state index in [0.717, 1.165) is 30.0 Å². The molecule has 3 N–H and O–H groups in total. The summed E-state index contributed by atoms with van der Waals surface area (Å²) in [6, 6.07) is 15.6. The van der Waals surface area contributed by atoms with Crippen LogP contribution >= 0.6 is 0 Å². The van der Waals surface area contributed by atoms with Gasteiger partial charge in [-0.1, -0.05) is 18.2 Å². The van der Waals surface area contributed by atoms with Gasteiger partial charge < -0.3 is 48.9 Å². The lowest BCUT2D eigenvalue weighted by atomic mass is 9.78. The number of β-lactam (4-membered cyclic amide) rings is 1. The predicted octanol–water partition coefficient (Wildman–Crippen LogP) is 2.46. The summed E-state index contributed by atoms with van der Waals surface area (Å²) in [5, 5.41) is 24.8. The Labute approximate surface area is 267 Å². The van der Waals surface area contributed by atoms with E-state index in [1.165, 1.54) is 78.8 Å². The minimum Gasteiger partial charge on any atom is -1.00 e.